The average Bonchev–Trinajstić information content (AvgIpc) is 2.58. The SMILES string of the molecule is CC(=O)Nc1ccc(C(=O)COc2cc(C(F)(F)F)cc(C(F)(F)F)c2)cc1. The first kappa shape index (κ1) is 21.3. The van der Waals surface area contributed by atoms with Crippen molar-refractivity contribution >= 4 is 17.4 Å². The van der Waals surface area contributed by atoms with Gasteiger partial charge in [-0.15, -0.1) is 0 Å². The summed E-state index contributed by atoms with van der Waals surface area (Å²) >= 11 is 0. The summed E-state index contributed by atoms with van der Waals surface area (Å²) < 4.78 is 81.7. The Morgan fingerprint density at radius 2 is 1.39 bits per heavy atom. The summed E-state index contributed by atoms with van der Waals surface area (Å²) in [5.74, 6) is -1.72. The maximum atomic E-state index is 12.8. The molecule has 0 saturated heterocycles. The summed E-state index contributed by atoms with van der Waals surface area (Å²) in [4.78, 5) is 23.0. The van der Waals surface area contributed by atoms with Gasteiger partial charge in [-0.2, -0.15) is 26.3 Å². The fraction of sp³-hybridized carbons (Fsp3) is 0.222. The van der Waals surface area contributed by atoms with E-state index in [1.807, 2.05) is 0 Å². The van der Waals surface area contributed by atoms with Crippen molar-refractivity contribution in [2.24, 2.45) is 0 Å². The van der Waals surface area contributed by atoms with E-state index in [1.165, 1.54) is 31.2 Å². The van der Waals surface area contributed by atoms with E-state index in [2.05, 4.69) is 5.32 Å². The van der Waals surface area contributed by atoms with Gasteiger partial charge in [0.1, 0.15) is 5.75 Å². The molecule has 0 atom stereocenters. The number of carbonyl (C=O) groups excluding carboxylic acids is 2. The van der Waals surface area contributed by atoms with E-state index in [-0.39, 0.29) is 17.5 Å². The first-order valence-electron chi connectivity index (χ1n) is 7.69. The van der Waals surface area contributed by atoms with Gasteiger partial charge in [-0.05, 0) is 42.5 Å². The number of hydrogen-bond donors (Lipinski definition) is 1. The minimum Gasteiger partial charge on any atom is -0.485 e. The van der Waals surface area contributed by atoms with Gasteiger partial charge in [0.25, 0.3) is 0 Å². The lowest BCUT2D eigenvalue weighted by molar-refractivity contribution is -0.143. The highest BCUT2D eigenvalue weighted by atomic mass is 19.4. The molecule has 0 unspecified atom stereocenters. The zero-order valence-electron chi connectivity index (χ0n) is 14.2. The Morgan fingerprint density at radius 1 is 0.893 bits per heavy atom. The Hall–Kier alpha value is -3.04. The van der Waals surface area contributed by atoms with Gasteiger partial charge in [-0.3, -0.25) is 9.59 Å². The number of carbonyl (C=O) groups is 2. The van der Waals surface area contributed by atoms with Crippen LogP contribution in [0.5, 0.6) is 5.75 Å². The quantitative estimate of drug-likeness (QED) is 0.566. The van der Waals surface area contributed by atoms with Crippen molar-refractivity contribution in [2.75, 3.05) is 11.9 Å². The number of benzene rings is 2. The third-order valence-electron chi connectivity index (χ3n) is 3.46. The number of Topliss-reactive ketones (excluding diaryl/α,β-unsaturated/α-hetero) is 1. The normalized spacial score (nSPS) is 11.8. The number of alkyl halides is 6. The molecule has 0 fully saturated rings. The van der Waals surface area contributed by atoms with Gasteiger partial charge in [0.2, 0.25) is 5.91 Å². The van der Waals surface area contributed by atoms with Crippen LogP contribution in [0.1, 0.15) is 28.4 Å². The number of ketones is 1. The molecule has 1 amide bonds. The van der Waals surface area contributed by atoms with E-state index in [9.17, 15) is 35.9 Å². The number of anilines is 1. The van der Waals surface area contributed by atoms with Crippen LogP contribution in [0, 0.1) is 0 Å². The fourth-order valence-electron chi connectivity index (χ4n) is 2.18. The van der Waals surface area contributed by atoms with Crippen molar-refractivity contribution in [1.82, 2.24) is 0 Å². The van der Waals surface area contributed by atoms with E-state index >= 15 is 0 Å². The van der Waals surface area contributed by atoms with Crippen LogP contribution >= 0.6 is 0 Å². The zero-order valence-corrected chi connectivity index (χ0v) is 14.2. The summed E-state index contributed by atoms with van der Waals surface area (Å²) in [6.07, 6.45) is -10.0. The molecule has 10 heteroatoms. The minimum absolute atomic E-state index is 0.0323. The predicted molar refractivity (Wildman–Crippen MR) is 87.0 cm³/mol. The van der Waals surface area contributed by atoms with Gasteiger partial charge in [-0.1, -0.05) is 0 Å². The first-order chi connectivity index (χ1) is 12.9. The van der Waals surface area contributed by atoms with Crippen LogP contribution in [0.3, 0.4) is 0 Å². The van der Waals surface area contributed by atoms with Crippen LogP contribution in [-0.2, 0) is 17.1 Å². The summed E-state index contributed by atoms with van der Waals surface area (Å²) in [7, 11) is 0. The highest BCUT2D eigenvalue weighted by Crippen LogP contribution is 2.38. The van der Waals surface area contributed by atoms with Gasteiger partial charge in [0.15, 0.2) is 12.4 Å². The third-order valence-corrected chi connectivity index (χ3v) is 3.46. The van der Waals surface area contributed by atoms with Crippen molar-refractivity contribution in [3.63, 3.8) is 0 Å². The lowest BCUT2D eigenvalue weighted by atomic mass is 10.1. The molecule has 2 rings (SSSR count). The second-order valence-electron chi connectivity index (χ2n) is 5.71. The molecule has 0 aliphatic rings. The highest BCUT2D eigenvalue weighted by Gasteiger charge is 2.37. The summed E-state index contributed by atoms with van der Waals surface area (Å²) in [5.41, 5.74) is -2.55. The van der Waals surface area contributed by atoms with Gasteiger partial charge in [0.05, 0.1) is 11.1 Å². The molecule has 0 spiro atoms. The Kier molecular flexibility index (Phi) is 6.01. The Morgan fingerprint density at radius 3 is 1.82 bits per heavy atom. The maximum Gasteiger partial charge on any atom is 0.416 e. The van der Waals surface area contributed by atoms with Crippen molar-refractivity contribution in [3.05, 3.63) is 59.2 Å². The lowest BCUT2D eigenvalue weighted by Crippen LogP contribution is -2.14. The third kappa shape index (κ3) is 5.73. The number of nitrogens with one attached hydrogen (secondary N) is 1. The van der Waals surface area contributed by atoms with Gasteiger partial charge >= 0.3 is 12.4 Å². The van der Waals surface area contributed by atoms with Crippen LogP contribution < -0.4 is 10.1 Å². The molecule has 0 radical (unpaired) electrons. The number of rotatable bonds is 5. The molecule has 0 aliphatic carbocycles. The predicted octanol–water partition coefficient (Wildman–Crippen LogP) is 4.94. The molecular weight excluding hydrogens is 392 g/mol. The van der Waals surface area contributed by atoms with Crippen LogP contribution in [0.15, 0.2) is 42.5 Å². The van der Waals surface area contributed by atoms with Gasteiger partial charge in [0, 0.05) is 18.2 Å². The van der Waals surface area contributed by atoms with Gasteiger partial charge < -0.3 is 10.1 Å². The second kappa shape index (κ2) is 7.91. The van der Waals surface area contributed by atoms with E-state index in [1.54, 1.807) is 0 Å². The monoisotopic (exact) mass is 405 g/mol. The highest BCUT2D eigenvalue weighted by molar-refractivity contribution is 5.98. The van der Waals surface area contributed by atoms with E-state index in [0.29, 0.717) is 17.8 Å². The summed E-state index contributed by atoms with van der Waals surface area (Å²) in [6, 6.07) is 6.26. The Bertz CT molecular complexity index is 840. The number of hydrogen-bond acceptors (Lipinski definition) is 3. The largest absolute Gasteiger partial charge is 0.485 e. The minimum atomic E-state index is -5.01. The number of ether oxygens (including phenoxy) is 1. The molecule has 28 heavy (non-hydrogen) atoms. The molecule has 0 aliphatic heterocycles. The van der Waals surface area contributed by atoms with Crippen LogP contribution in [0.2, 0.25) is 0 Å². The number of amides is 1. The topological polar surface area (TPSA) is 55.4 Å². The summed E-state index contributed by atoms with van der Waals surface area (Å²) in [6.45, 7) is 0.523. The lowest BCUT2D eigenvalue weighted by Gasteiger charge is -2.14. The number of halogens is 6. The van der Waals surface area contributed by atoms with E-state index in [0.717, 1.165) is 0 Å². The van der Waals surface area contributed by atoms with Crippen LogP contribution in [0.4, 0.5) is 32.0 Å². The molecule has 150 valence electrons. The van der Waals surface area contributed by atoms with Crippen molar-refractivity contribution in [3.8, 4) is 5.75 Å². The molecule has 0 bridgehead atoms. The molecule has 1 N–H and O–H groups in total. The molecule has 2 aromatic rings. The molecule has 0 aromatic heterocycles. The Labute approximate surface area is 155 Å². The fourth-order valence-corrected chi connectivity index (χ4v) is 2.18. The Balaban J connectivity index is 2.16. The molecule has 2 aromatic carbocycles. The van der Waals surface area contributed by atoms with Crippen LogP contribution in [-0.4, -0.2) is 18.3 Å². The maximum absolute atomic E-state index is 12.8. The zero-order chi connectivity index (χ0) is 21.1. The van der Waals surface area contributed by atoms with Gasteiger partial charge in [-0.25, -0.2) is 0 Å². The van der Waals surface area contributed by atoms with Crippen LogP contribution in [0.25, 0.3) is 0 Å². The average molecular weight is 405 g/mol. The van der Waals surface area contributed by atoms with E-state index in [4.69, 9.17) is 4.74 Å². The van der Waals surface area contributed by atoms with Crippen molar-refractivity contribution in [2.45, 2.75) is 19.3 Å². The summed E-state index contributed by atoms with van der Waals surface area (Å²) in [5, 5.41) is 2.47. The molecule has 0 saturated carbocycles. The first-order valence-corrected chi connectivity index (χ1v) is 7.69. The van der Waals surface area contributed by atoms with Crippen molar-refractivity contribution in [1.29, 1.82) is 0 Å². The molecular formula is C18H13F6NO3. The molecule has 0 heterocycles. The smallest absolute Gasteiger partial charge is 0.416 e. The van der Waals surface area contributed by atoms with Crippen molar-refractivity contribution < 1.29 is 40.7 Å². The molecule has 4 nitrogen and oxygen atoms in total. The second-order valence-corrected chi connectivity index (χ2v) is 5.71. The van der Waals surface area contributed by atoms with E-state index < -0.39 is 41.6 Å². The standard InChI is InChI=1S/C18H13F6NO3/c1-10(26)25-14-4-2-11(3-5-14)16(27)9-28-15-7-12(17(19,20)21)6-13(8-15)18(22,23)24/h2-8H,9H2,1H3,(H,25,26).